The number of anilines is 1. The number of amides is 1. The summed E-state index contributed by atoms with van der Waals surface area (Å²) in [7, 11) is 0. The number of carbonyl (C=O) groups is 1. The number of nitrogens with two attached hydrogens (primary N) is 1. The van der Waals surface area contributed by atoms with E-state index in [0.717, 1.165) is 18.4 Å². The van der Waals surface area contributed by atoms with Crippen molar-refractivity contribution in [2.75, 3.05) is 5.73 Å². The summed E-state index contributed by atoms with van der Waals surface area (Å²) in [4.78, 5) is 20.0. The van der Waals surface area contributed by atoms with Crippen LogP contribution in [0.3, 0.4) is 0 Å². The van der Waals surface area contributed by atoms with E-state index in [9.17, 15) is 4.79 Å². The number of alkyl carbamates (subject to hydrolysis) is 1. The summed E-state index contributed by atoms with van der Waals surface area (Å²) in [6, 6.07) is 0.0556. The van der Waals surface area contributed by atoms with Gasteiger partial charge in [-0.05, 0) is 45.6 Å². The topological polar surface area (TPSA) is 90.1 Å². The fourth-order valence-corrected chi connectivity index (χ4v) is 2.42. The van der Waals surface area contributed by atoms with Crippen molar-refractivity contribution in [2.24, 2.45) is 0 Å². The minimum atomic E-state index is -0.493. The molecule has 0 radical (unpaired) electrons. The number of halogens is 1. The van der Waals surface area contributed by atoms with Crippen LogP contribution >= 0.6 is 11.6 Å². The number of nitrogen functional groups attached to an aromatic ring is 1. The van der Waals surface area contributed by atoms with Crippen LogP contribution in [0, 0.1) is 0 Å². The van der Waals surface area contributed by atoms with Gasteiger partial charge in [0.1, 0.15) is 16.4 Å². The number of nitrogens with zero attached hydrogens (tertiary/aromatic N) is 2. The first-order chi connectivity index (χ1) is 10.2. The average molecular weight is 325 g/mol. The molecule has 22 heavy (non-hydrogen) atoms. The third kappa shape index (κ3) is 4.59. The molecule has 0 spiro atoms. The van der Waals surface area contributed by atoms with E-state index in [0.29, 0.717) is 17.9 Å². The van der Waals surface area contributed by atoms with E-state index in [1.807, 2.05) is 26.8 Å². The number of aromatic nitrogens is 2. The second-order valence-corrected chi connectivity index (χ2v) is 6.66. The lowest BCUT2D eigenvalue weighted by atomic mass is 9.93. The quantitative estimate of drug-likeness (QED) is 0.872. The Morgan fingerprint density at radius 3 is 2.77 bits per heavy atom. The first kappa shape index (κ1) is 16.5. The lowest BCUT2D eigenvalue weighted by Gasteiger charge is -2.25. The monoisotopic (exact) mass is 324 g/mol. The highest BCUT2D eigenvalue weighted by molar-refractivity contribution is 6.29. The zero-order valence-corrected chi connectivity index (χ0v) is 13.8. The van der Waals surface area contributed by atoms with Crippen molar-refractivity contribution in [1.82, 2.24) is 15.3 Å². The number of ether oxygens (including phenoxy) is 1. The highest BCUT2D eigenvalue weighted by Crippen LogP contribution is 2.29. The summed E-state index contributed by atoms with van der Waals surface area (Å²) >= 11 is 5.75. The molecule has 0 saturated carbocycles. The molecule has 6 nitrogen and oxygen atoms in total. The molecule has 7 heteroatoms. The number of carbonyl (C=O) groups excluding carboxylic acids is 1. The Morgan fingerprint density at radius 1 is 1.50 bits per heavy atom. The maximum absolute atomic E-state index is 11.8. The molecule has 1 aliphatic rings. The van der Waals surface area contributed by atoms with Crippen LogP contribution in [0.4, 0.5) is 10.6 Å². The normalized spacial score (nSPS) is 18.5. The van der Waals surface area contributed by atoms with Gasteiger partial charge >= 0.3 is 6.09 Å². The zero-order valence-electron chi connectivity index (χ0n) is 13.0. The predicted molar refractivity (Wildman–Crippen MR) is 86.4 cm³/mol. The Hall–Kier alpha value is -1.82. The molecule has 2 rings (SSSR count). The van der Waals surface area contributed by atoms with E-state index in [-0.39, 0.29) is 17.3 Å². The number of hydrogen-bond acceptors (Lipinski definition) is 5. The van der Waals surface area contributed by atoms with E-state index >= 15 is 0 Å². The average Bonchev–Trinajstić information content (AvgIpc) is 2.38. The summed E-state index contributed by atoms with van der Waals surface area (Å²) in [6.45, 7) is 5.52. The van der Waals surface area contributed by atoms with Gasteiger partial charge in [0.05, 0.1) is 6.20 Å². The number of nitrogens with one attached hydrogen (secondary N) is 1. The van der Waals surface area contributed by atoms with Gasteiger partial charge in [-0.1, -0.05) is 17.7 Å². The Kier molecular flexibility index (Phi) is 4.90. The van der Waals surface area contributed by atoms with E-state index in [1.165, 1.54) is 6.20 Å². The van der Waals surface area contributed by atoms with Crippen LogP contribution in [0.1, 0.15) is 45.7 Å². The summed E-state index contributed by atoms with van der Waals surface area (Å²) < 4.78 is 5.26. The maximum atomic E-state index is 11.8. The van der Waals surface area contributed by atoms with Crippen molar-refractivity contribution in [2.45, 2.75) is 51.7 Å². The van der Waals surface area contributed by atoms with Crippen molar-refractivity contribution in [3.05, 3.63) is 23.1 Å². The van der Waals surface area contributed by atoms with Crippen molar-refractivity contribution >= 4 is 29.1 Å². The van der Waals surface area contributed by atoms with Crippen LogP contribution in [0.25, 0.3) is 5.57 Å². The summed E-state index contributed by atoms with van der Waals surface area (Å²) in [6.07, 6.45) is 5.40. The van der Waals surface area contributed by atoms with Crippen LogP contribution in [0.15, 0.2) is 12.3 Å². The van der Waals surface area contributed by atoms with E-state index < -0.39 is 5.60 Å². The molecule has 1 amide bonds. The Balaban J connectivity index is 1.96. The summed E-state index contributed by atoms with van der Waals surface area (Å²) in [5.74, 6) is 0.331. The van der Waals surface area contributed by atoms with E-state index in [1.54, 1.807) is 0 Å². The summed E-state index contributed by atoms with van der Waals surface area (Å²) in [5, 5.41) is 3.16. The Morgan fingerprint density at radius 2 is 2.23 bits per heavy atom. The molecule has 1 unspecified atom stereocenters. The van der Waals surface area contributed by atoms with Crippen molar-refractivity contribution in [1.29, 1.82) is 0 Å². The molecule has 0 aromatic carbocycles. The zero-order chi connectivity index (χ0) is 16.3. The Bertz CT molecular complexity index is 596. The third-order valence-electron chi connectivity index (χ3n) is 3.21. The molecular weight excluding hydrogens is 304 g/mol. The number of hydrogen-bond donors (Lipinski definition) is 2. The van der Waals surface area contributed by atoms with E-state index in [2.05, 4.69) is 15.3 Å². The molecule has 1 aromatic heterocycles. The first-order valence-corrected chi connectivity index (χ1v) is 7.59. The van der Waals surface area contributed by atoms with Crippen molar-refractivity contribution < 1.29 is 9.53 Å². The molecule has 1 heterocycles. The van der Waals surface area contributed by atoms with Gasteiger partial charge in [0, 0.05) is 6.04 Å². The van der Waals surface area contributed by atoms with Gasteiger partial charge < -0.3 is 15.8 Å². The molecule has 120 valence electrons. The molecule has 1 aromatic rings. The van der Waals surface area contributed by atoms with Gasteiger partial charge in [-0.3, -0.25) is 0 Å². The molecule has 0 bridgehead atoms. The second kappa shape index (κ2) is 6.52. The minimum absolute atomic E-state index is 0.0556. The van der Waals surface area contributed by atoms with E-state index in [4.69, 9.17) is 22.1 Å². The van der Waals surface area contributed by atoms with Gasteiger partial charge in [-0.25, -0.2) is 14.8 Å². The van der Waals surface area contributed by atoms with Crippen LogP contribution < -0.4 is 11.1 Å². The van der Waals surface area contributed by atoms with Crippen LogP contribution in [-0.2, 0) is 4.74 Å². The smallest absolute Gasteiger partial charge is 0.407 e. The molecular formula is C15H21ClN4O2. The highest BCUT2D eigenvalue weighted by atomic mass is 35.5. The number of allylic oxidation sites excluding steroid dienone is 1. The lowest BCUT2D eigenvalue weighted by Crippen LogP contribution is -2.39. The predicted octanol–water partition coefficient (Wildman–Crippen LogP) is 3.17. The molecule has 1 aliphatic carbocycles. The van der Waals surface area contributed by atoms with Gasteiger partial charge in [-0.15, -0.1) is 0 Å². The second-order valence-electron chi connectivity index (χ2n) is 6.27. The van der Waals surface area contributed by atoms with Gasteiger partial charge in [0.15, 0.2) is 5.82 Å². The minimum Gasteiger partial charge on any atom is -0.444 e. The Labute approximate surface area is 135 Å². The highest BCUT2D eigenvalue weighted by Gasteiger charge is 2.22. The van der Waals surface area contributed by atoms with Crippen molar-refractivity contribution in [3.63, 3.8) is 0 Å². The fraction of sp³-hybridized carbons (Fsp3) is 0.533. The molecule has 0 saturated heterocycles. The largest absolute Gasteiger partial charge is 0.444 e. The van der Waals surface area contributed by atoms with Gasteiger partial charge in [0.25, 0.3) is 0 Å². The molecule has 1 atom stereocenters. The van der Waals surface area contributed by atoms with Crippen molar-refractivity contribution in [3.8, 4) is 0 Å². The summed E-state index contributed by atoms with van der Waals surface area (Å²) in [5.41, 5.74) is 7.05. The SMILES string of the molecule is CC(C)(C)OC(=O)NC1CC=C(c2ncc(Cl)nc2N)CC1. The van der Waals surface area contributed by atoms with Crippen LogP contribution in [-0.4, -0.2) is 27.7 Å². The first-order valence-electron chi connectivity index (χ1n) is 7.21. The van der Waals surface area contributed by atoms with Crippen LogP contribution in [0.5, 0.6) is 0 Å². The third-order valence-corrected chi connectivity index (χ3v) is 3.39. The number of rotatable bonds is 2. The maximum Gasteiger partial charge on any atom is 0.407 e. The fourth-order valence-electron chi connectivity index (χ4n) is 2.28. The lowest BCUT2D eigenvalue weighted by molar-refractivity contribution is 0.0502. The molecule has 0 aliphatic heterocycles. The standard InChI is InChI=1S/C15H21ClN4O2/c1-15(2,3)22-14(21)19-10-6-4-9(5-7-10)12-13(17)20-11(16)8-18-12/h4,8,10H,5-7H2,1-3H3,(H2,17,20)(H,19,21). The molecule has 0 fully saturated rings. The van der Waals surface area contributed by atoms with Gasteiger partial charge in [-0.2, -0.15) is 0 Å². The molecule has 3 N–H and O–H groups in total. The van der Waals surface area contributed by atoms with Gasteiger partial charge in [0.2, 0.25) is 0 Å². The van der Waals surface area contributed by atoms with Crippen LogP contribution in [0.2, 0.25) is 5.15 Å².